The summed E-state index contributed by atoms with van der Waals surface area (Å²) in [6.07, 6.45) is 0. The highest BCUT2D eigenvalue weighted by Crippen LogP contribution is 2.17. The zero-order chi connectivity index (χ0) is 15.9. The van der Waals surface area contributed by atoms with Gasteiger partial charge in [-0.05, 0) is 30.3 Å². The molecule has 0 saturated carbocycles. The van der Waals surface area contributed by atoms with E-state index in [1.54, 1.807) is 31.4 Å². The monoisotopic (exact) mass is 299 g/mol. The third kappa shape index (κ3) is 3.63. The molecule has 0 aliphatic heterocycles. The predicted octanol–water partition coefficient (Wildman–Crippen LogP) is 2.41. The second-order valence-corrected chi connectivity index (χ2v) is 4.56. The van der Waals surface area contributed by atoms with Crippen molar-refractivity contribution >= 4 is 11.9 Å². The van der Waals surface area contributed by atoms with Crippen LogP contribution in [-0.4, -0.2) is 26.1 Å². The Morgan fingerprint density at radius 2 is 1.59 bits per heavy atom. The van der Waals surface area contributed by atoms with E-state index in [9.17, 15) is 9.59 Å². The number of carbonyl (C=O) groups excluding carboxylic acids is 2. The molecule has 5 heteroatoms. The van der Waals surface area contributed by atoms with Crippen molar-refractivity contribution in [1.82, 2.24) is 5.32 Å². The molecule has 0 aliphatic rings. The number of benzene rings is 2. The number of methoxy groups -OCH3 is 2. The Balaban J connectivity index is 2.02. The van der Waals surface area contributed by atoms with E-state index >= 15 is 0 Å². The van der Waals surface area contributed by atoms with Crippen LogP contribution in [0.4, 0.5) is 0 Å². The molecular weight excluding hydrogens is 282 g/mol. The van der Waals surface area contributed by atoms with Gasteiger partial charge in [-0.15, -0.1) is 0 Å². The molecule has 0 aliphatic carbocycles. The van der Waals surface area contributed by atoms with Gasteiger partial charge in [0.15, 0.2) is 0 Å². The van der Waals surface area contributed by atoms with Gasteiger partial charge in [-0.1, -0.05) is 18.2 Å². The molecule has 0 heterocycles. The molecule has 0 unspecified atom stereocenters. The summed E-state index contributed by atoms with van der Waals surface area (Å²) in [4.78, 5) is 23.4. The van der Waals surface area contributed by atoms with Crippen LogP contribution in [0.5, 0.6) is 5.75 Å². The van der Waals surface area contributed by atoms with E-state index in [-0.39, 0.29) is 5.91 Å². The fourth-order valence-electron chi connectivity index (χ4n) is 2.00. The summed E-state index contributed by atoms with van der Waals surface area (Å²) < 4.78 is 9.85. The molecule has 1 amide bonds. The topological polar surface area (TPSA) is 64.6 Å². The van der Waals surface area contributed by atoms with Crippen LogP contribution in [-0.2, 0) is 11.3 Å². The fourth-order valence-corrected chi connectivity index (χ4v) is 2.00. The molecule has 2 aromatic carbocycles. The molecule has 0 aromatic heterocycles. The maximum absolute atomic E-state index is 12.1. The number of amides is 1. The van der Waals surface area contributed by atoms with Crippen molar-refractivity contribution in [3.8, 4) is 5.75 Å². The molecule has 0 spiro atoms. The lowest BCUT2D eigenvalue weighted by atomic mass is 10.1. The standard InChI is InChI=1S/C17H17NO4/c1-21-15-6-4-3-5-14(15)11-18-16(19)12-7-9-13(10-8-12)17(20)22-2/h3-10H,11H2,1-2H3,(H,18,19). The van der Waals surface area contributed by atoms with E-state index in [1.807, 2.05) is 24.3 Å². The molecule has 0 saturated heterocycles. The molecule has 0 atom stereocenters. The second kappa shape index (κ2) is 7.26. The molecule has 0 radical (unpaired) electrons. The summed E-state index contributed by atoms with van der Waals surface area (Å²) in [5, 5.41) is 2.82. The van der Waals surface area contributed by atoms with Crippen molar-refractivity contribution in [1.29, 1.82) is 0 Å². The number of nitrogens with one attached hydrogen (secondary N) is 1. The Bertz CT molecular complexity index is 665. The van der Waals surface area contributed by atoms with Crippen LogP contribution < -0.4 is 10.1 Å². The molecule has 0 bridgehead atoms. The Kier molecular flexibility index (Phi) is 5.14. The first kappa shape index (κ1) is 15.6. The minimum atomic E-state index is -0.430. The van der Waals surface area contributed by atoms with Crippen molar-refractivity contribution in [2.24, 2.45) is 0 Å². The van der Waals surface area contributed by atoms with Crippen LogP contribution >= 0.6 is 0 Å². The minimum Gasteiger partial charge on any atom is -0.496 e. The Hall–Kier alpha value is -2.82. The summed E-state index contributed by atoms with van der Waals surface area (Å²) in [7, 11) is 2.91. The number of carbonyl (C=O) groups is 2. The van der Waals surface area contributed by atoms with Gasteiger partial charge in [-0.2, -0.15) is 0 Å². The van der Waals surface area contributed by atoms with E-state index in [0.29, 0.717) is 17.7 Å². The van der Waals surface area contributed by atoms with E-state index in [4.69, 9.17) is 4.74 Å². The van der Waals surface area contributed by atoms with E-state index in [2.05, 4.69) is 10.1 Å². The van der Waals surface area contributed by atoms with E-state index in [0.717, 1.165) is 11.3 Å². The molecule has 2 rings (SSSR count). The van der Waals surface area contributed by atoms with Gasteiger partial charge in [-0.3, -0.25) is 4.79 Å². The highest BCUT2D eigenvalue weighted by Gasteiger charge is 2.09. The van der Waals surface area contributed by atoms with Gasteiger partial charge >= 0.3 is 5.97 Å². The van der Waals surface area contributed by atoms with Crippen molar-refractivity contribution in [2.45, 2.75) is 6.54 Å². The molecule has 22 heavy (non-hydrogen) atoms. The largest absolute Gasteiger partial charge is 0.496 e. The maximum Gasteiger partial charge on any atom is 0.337 e. The van der Waals surface area contributed by atoms with Gasteiger partial charge < -0.3 is 14.8 Å². The first-order valence-corrected chi connectivity index (χ1v) is 6.74. The number of rotatable bonds is 5. The van der Waals surface area contributed by atoms with E-state index in [1.165, 1.54) is 7.11 Å². The zero-order valence-corrected chi connectivity index (χ0v) is 12.5. The van der Waals surface area contributed by atoms with E-state index < -0.39 is 5.97 Å². The Morgan fingerprint density at radius 1 is 0.955 bits per heavy atom. The summed E-state index contributed by atoms with van der Waals surface area (Å²) in [5.41, 5.74) is 1.77. The van der Waals surface area contributed by atoms with Gasteiger partial charge in [0.25, 0.3) is 5.91 Å². The van der Waals surface area contributed by atoms with Crippen LogP contribution in [0.25, 0.3) is 0 Å². The molecule has 1 N–H and O–H groups in total. The van der Waals surface area contributed by atoms with Gasteiger partial charge in [0.2, 0.25) is 0 Å². The fraction of sp³-hybridized carbons (Fsp3) is 0.176. The van der Waals surface area contributed by atoms with Gasteiger partial charge in [0.1, 0.15) is 5.75 Å². The predicted molar refractivity (Wildman–Crippen MR) is 81.9 cm³/mol. The van der Waals surface area contributed by atoms with Crippen molar-refractivity contribution in [3.05, 3.63) is 65.2 Å². The lowest BCUT2D eigenvalue weighted by Crippen LogP contribution is -2.23. The minimum absolute atomic E-state index is 0.220. The average Bonchev–Trinajstić information content (AvgIpc) is 2.59. The third-order valence-electron chi connectivity index (χ3n) is 3.20. The van der Waals surface area contributed by atoms with Crippen molar-refractivity contribution in [2.75, 3.05) is 14.2 Å². The quantitative estimate of drug-likeness (QED) is 0.861. The Labute approximate surface area is 128 Å². The number of hydrogen-bond donors (Lipinski definition) is 1. The third-order valence-corrected chi connectivity index (χ3v) is 3.20. The summed E-state index contributed by atoms with van der Waals surface area (Å²) >= 11 is 0. The van der Waals surface area contributed by atoms with Crippen LogP contribution in [0.15, 0.2) is 48.5 Å². The number of ether oxygens (including phenoxy) is 2. The number of para-hydroxylation sites is 1. The molecule has 114 valence electrons. The van der Waals surface area contributed by atoms with Crippen LogP contribution in [0.3, 0.4) is 0 Å². The second-order valence-electron chi connectivity index (χ2n) is 4.56. The Morgan fingerprint density at radius 3 is 2.23 bits per heavy atom. The summed E-state index contributed by atoms with van der Waals surface area (Å²) in [5.74, 6) is 0.0761. The lowest BCUT2D eigenvalue weighted by Gasteiger charge is -2.09. The van der Waals surface area contributed by atoms with Crippen LogP contribution in [0.2, 0.25) is 0 Å². The molecular formula is C17H17NO4. The number of esters is 1. The lowest BCUT2D eigenvalue weighted by molar-refractivity contribution is 0.0600. The summed E-state index contributed by atoms with van der Waals surface area (Å²) in [6, 6.07) is 13.8. The van der Waals surface area contributed by atoms with Gasteiger partial charge in [-0.25, -0.2) is 4.79 Å². The van der Waals surface area contributed by atoms with Gasteiger partial charge in [0, 0.05) is 17.7 Å². The zero-order valence-electron chi connectivity index (χ0n) is 12.5. The van der Waals surface area contributed by atoms with Crippen molar-refractivity contribution in [3.63, 3.8) is 0 Å². The van der Waals surface area contributed by atoms with Gasteiger partial charge in [0.05, 0.1) is 19.8 Å². The first-order valence-electron chi connectivity index (χ1n) is 6.74. The highest BCUT2D eigenvalue weighted by atomic mass is 16.5. The van der Waals surface area contributed by atoms with Crippen LogP contribution in [0.1, 0.15) is 26.3 Å². The molecule has 2 aromatic rings. The summed E-state index contributed by atoms with van der Waals surface area (Å²) in [6.45, 7) is 0.363. The SMILES string of the molecule is COC(=O)c1ccc(C(=O)NCc2ccccc2OC)cc1. The van der Waals surface area contributed by atoms with Crippen molar-refractivity contribution < 1.29 is 19.1 Å². The molecule has 0 fully saturated rings. The molecule has 5 nitrogen and oxygen atoms in total. The average molecular weight is 299 g/mol. The first-order chi connectivity index (χ1) is 10.7. The number of hydrogen-bond acceptors (Lipinski definition) is 4. The normalized spacial score (nSPS) is 9.91. The smallest absolute Gasteiger partial charge is 0.337 e. The highest BCUT2D eigenvalue weighted by molar-refractivity contribution is 5.96. The van der Waals surface area contributed by atoms with Crippen LogP contribution in [0, 0.1) is 0 Å². The maximum atomic E-state index is 12.1.